The van der Waals surface area contributed by atoms with Crippen molar-refractivity contribution in [3.63, 3.8) is 0 Å². The molecule has 2 aromatic rings. The third-order valence-corrected chi connectivity index (χ3v) is 4.72. The molecule has 0 aromatic heterocycles. The minimum atomic E-state index is -4.50. The van der Waals surface area contributed by atoms with E-state index in [4.69, 9.17) is 12.2 Å². The fourth-order valence-electron chi connectivity index (χ4n) is 2.23. The Bertz CT molecular complexity index is 876. The van der Waals surface area contributed by atoms with Crippen LogP contribution in [0.4, 0.5) is 18.9 Å². The number of amides is 1. The second kappa shape index (κ2) is 6.53. The molecule has 2 aromatic carbocycles. The van der Waals surface area contributed by atoms with E-state index in [9.17, 15) is 23.1 Å². The first-order valence-corrected chi connectivity index (χ1v) is 8.22. The maximum Gasteiger partial charge on any atom is 0.416 e. The lowest BCUT2D eigenvalue weighted by molar-refractivity contribution is -0.137. The molecule has 1 aliphatic rings. The zero-order chi connectivity index (χ0) is 18.2. The van der Waals surface area contributed by atoms with Gasteiger partial charge in [-0.05, 0) is 42.0 Å². The number of rotatable bonds is 2. The molecule has 0 saturated carbocycles. The van der Waals surface area contributed by atoms with Crippen LogP contribution in [0.15, 0.2) is 53.4 Å². The van der Waals surface area contributed by atoms with Gasteiger partial charge in [-0.1, -0.05) is 42.2 Å². The number of halogens is 3. The molecule has 0 unspecified atom stereocenters. The highest BCUT2D eigenvalue weighted by Gasteiger charge is 2.36. The van der Waals surface area contributed by atoms with Crippen LogP contribution in [0.25, 0.3) is 6.08 Å². The van der Waals surface area contributed by atoms with Gasteiger partial charge in [-0.25, -0.2) is 0 Å². The molecule has 1 aliphatic heterocycles. The van der Waals surface area contributed by atoms with Gasteiger partial charge < -0.3 is 5.11 Å². The molecule has 0 aliphatic carbocycles. The fourth-order valence-corrected chi connectivity index (χ4v) is 3.53. The lowest BCUT2D eigenvalue weighted by atomic mass is 10.1. The van der Waals surface area contributed by atoms with Gasteiger partial charge in [0.2, 0.25) is 0 Å². The van der Waals surface area contributed by atoms with E-state index in [1.807, 2.05) is 0 Å². The van der Waals surface area contributed by atoms with E-state index in [1.165, 1.54) is 24.3 Å². The standard InChI is InChI=1S/C17H10F3NO2S2/c18-17(19,20)11-2-1-3-12(9-11)21-15(23)14(25-16(21)24)8-10-4-6-13(22)7-5-10/h1-9,22H/b14-8+. The Labute approximate surface area is 150 Å². The summed E-state index contributed by atoms with van der Waals surface area (Å²) in [6.45, 7) is 0. The van der Waals surface area contributed by atoms with Gasteiger partial charge in [0.15, 0.2) is 4.32 Å². The van der Waals surface area contributed by atoms with Gasteiger partial charge in [-0.3, -0.25) is 9.69 Å². The van der Waals surface area contributed by atoms with Crippen LogP contribution >= 0.6 is 24.0 Å². The summed E-state index contributed by atoms with van der Waals surface area (Å²) in [6, 6.07) is 10.7. The molecule has 1 saturated heterocycles. The molecule has 1 amide bonds. The molecule has 0 atom stereocenters. The zero-order valence-corrected chi connectivity index (χ0v) is 14.1. The summed E-state index contributed by atoms with van der Waals surface area (Å²) in [7, 11) is 0. The molecule has 1 heterocycles. The normalized spacial score (nSPS) is 16.8. The van der Waals surface area contributed by atoms with Crippen LogP contribution < -0.4 is 4.90 Å². The molecule has 3 rings (SSSR count). The number of phenols is 1. The van der Waals surface area contributed by atoms with Gasteiger partial charge in [0, 0.05) is 0 Å². The quantitative estimate of drug-likeness (QED) is 0.598. The van der Waals surface area contributed by atoms with Gasteiger partial charge in [-0.2, -0.15) is 13.2 Å². The van der Waals surface area contributed by atoms with Crippen molar-refractivity contribution in [1.82, 2.24) is 0 Å². The number of phenolic OH excluding ortho intramolecular Hbond substituents is 1. The smallest absolute Gasteiger partial charge is 0.416 e. The van der Waals surface area contributed by atoms with Crippen LogP contribution in [0.1, 0.15) is 11.1 Å². The van der Waals surface area contributed by atoms with E-state index < -0.39 is 17.6 Å². The number of hydrogen-bond acceptors (Lipinski definition) is 4. The SMILES string of the molecule is O=C1/C(=C\c2ccc(O)cc2)SC(=S)N1c1cccc(C(F)(F)F)c1. The molecule has 0 radical (unpaired) electrons. The van der Waals surface area contributed by atoms with Crippen molar-refractivity contribution in [3.05, 3.63) is 64.6 Å². The van der Waals surface area contributed by atoms with Crippen LogP contribution in [-0.4, -0.2) is 15.3 Å². The zero-order valence-electron chi connectivity index (χ0n) is 12.4. The summed E-state index contributed by atoms with van der Waals surface area (Å²) < 4.78 is 38.8. The number of aromatic hydroxyl groups is 1. The van der Waals surface area contributed by atoms with Crippen LogP contribution in [0.2, 0.25) is 0 Å². The largest absolute Gasteiger partial charge is 0.508 e. The average molecular weight is 381 g/mol. The molecule has 0 spiro atoms. The van der Waals surface area contributed by atoms with E-state index in [2.05, 4.69) is 0 Å². The summed E-state index contributed by atoms with van der Waals surface area (Å²) in [4.78, 5) is 14.0. The summed E-state index contributed by atoms with van der Waals surface area (Å²) >= 11 is 6.17. The highest BCUT2D eigenvalue weighted by atomic mass is 32.2. The van der Waals surface area contributed by atoms with Crippen LogP contribution in [0.5, 0.6) is 5.75 Å². The lowest BCUT2D eigenvalue weighted by Crippen LogP contribution is -2.27. The first kappa shape index (κ1) is 17.5. The molecule has 8 heteroatoms. The Morgan fingerprint density at radius 3 is 2.44 bits per heavy atom. The predicted octanol–water partition coefficient (Wildman–Crippen LogP) is 4.82. The lowest BCUT2D eigenvalue weighted by Gasteiger charge is -2.16. The van der Waals surface area contributed by atoms with Crippen molar-refractivity contribution < 1.29 is 23.1 Å². The number of nitrogens with zero attached hydrogens (tertiary/aromatic N) is 1. The van der Waals surface area contributed by atoms with Crippen molar-refractivity contribution in [3.8, 4) is 5.75 Å². The summed E-state index contributed by atoms with van der Waals surface area (Å²) in [5.74, 6) is -0.393. The number of carbonyl (C=O) groups is 1. The summed E-state index contributed by atoms with van der Waals surface area (Å²) in [5.41, 5.74) is -0.102. The fraction of sp³-hybridized carbons (Fsp3) is 0.0588. The van der Waals surface area contributed by atoms with E-state index in [0.29, 0.717) is 10.5 Å². The van der Waals surface area contributed by atoms with E-state index in [1.54, 1.807) is 18.2 Å². The van der Waals surface area contributed by atoms with Crippen molar-refractivity contribution in [1.29, 1.82) is 0 Å². The molecule has 3 nitrogen and oxygen atoms in total. The summed E-state index contributed by atoms with van der Waals surface area (Å²) in [5, 5.41) is 9.28. The van der Waals surface area contributed by atoms with Crippen LogP contribution in [-0.2, 0) is 11.0 Å². The second-order valence-corrected chi connectivity index (χ2v) is 6.83. The maximum atomic E-state index is 12.9. The highest BCUT2D eigenvalue weighted by molar-refractivity contribution is 8.27. The third-order valence-electron chi connectivity index (χ3n) is 3.42. The Kier molecular flexibility index (Phi) is 4.57. The Balaban J connectivity index is 1.93. The number of benzene rings is 2. The topological polar surface area (TPSA) is 40.5 Å². The van der Waals surface area contributed by atoms with Crippen molar-refractivity contribution in [2.24, 2.45) is 0 Å². The number of alkyl halides is 3. The molecular formula is C17H10F3NO2S2. The number of anilines is 1. The van der Waals surface area contributed by atoms with E-state index in [0.717, 1.165) is 28.8 Å². The van der Waals surface area contributed by atoms with Crippen LogP contribution in [0, 0.1) is 0 Å². The molecule has 0 bridgehead atoms. The number of carbonyl (C=O) groups excluding carboxylic acids is 1. The monoisotopic (exact) mass is 381 g/mol. The van der Waals surface area contributed by atoms with Gasteiger partial charge in [0.05, 0.1) is 16.2 Å². The minimum absolute atomic E-state index is 0.0754. The Hall–Kier alpha value is -2.32. The highest BCUT2D eigenvalue weighted by Crippen LogP contribution is 2.38. The minimum Gasteiger partial charge on any atom is -0.508 e. The van der Waals surface area contributed by atoms with E-state index in [-0.39, 0.29) is 15.8 Å². The molecule has 1 N–H and O–H groups in total. The van der Waals surface area contributed by atoms with Gasteiger partial charge in [0.25, 0.3) is 5.91 Å². The Morgan fingerprint density at radius 2 is 1.80 bits per heavy atom. The van der Waals surface area contributed by atoms with E-state index >= 15 is 0 Å². The first-order chi connectivity index (χ1) is 11.8. The number of hydrogen-bond donors (Lipinski definition) is 1. The average Bonchev–Trinajstić information content (AvgIpc) is 2.83. The Morgan fingerprint density at radius 1 is 1.12 bits per heavy atom. The number of thiocarbonyl (C=S) groups is 1. The van der Waals surface area contributed by atoms with Gasteiger partial charge in [0.1, 0.15) is 5.75 Å². The van der Waals surface area contributed by atoms with Crippen molar-refractivity contribution >= 4 is 46.0 Å². The summed E-state index contributed by atoms with van der Waals surface area (Å²) in [6.07, 6.45) is -2.93. The van der Waals surface area contributed by atoms with Crippen molar-refractivity contribution in [2.75, 3.05) is 4.90 Å². The molecule has 25 heavy (non-hydrogen) atoms. The van der Waals surface area contributed by atoms with Gasteiger partial charge >= 0.3 is 6.18 Å². The van der Waals surface area contributed by atoms with Crippen LogP contribution in [0.3, 0.4) is 0 Å². The second-order valence-electron chi connectivity index (χ2n) is 5.16. The third kappa shape index (κ3) is 3.69. The molecule has 128 valence electrons. The first-order valence-electron chi connectivity index (χ1n) is 7.00. The molecular weight excluding hydrogens is 371 g/mol. The number of thioether (sulfide) groups is 1. The predicted molar refractivity (Wildman–Crippen MR) is 95.2 cm³/mol. The molecule has 1 fully saturated rings. The van der Waals surface area contributed by atoms with Gasteiger partial charge in [-0.15, -0.1) is 0 Å². The van der Waals surface area contributed by atoms with Crippen molar-refractivity contribution in [2.45, 2.75) is 6.18 Å². The maximum absolute atomic E-state index is 12.9.